The van der Waals surface area contributed by atoms with Crippen LogP contribution in [-0.4, -0.2) is 13.0 Å². The van der Waals surface area contributed by atoms with Gasteiger partial charge in [-0.15, -0.1) is 5.54 Å². The zero-order chi connectivity index (χ0) is 26.9. The van der Waals surface area contributed by atoms with Crippen LogP contribution in [-0.2, 0) is 0 Å². The van der Waals surface area contributed by atoms with Crippen molar-refractivity contribution in [2.75, 3.05) is 0 Å². The van der Waals surface area contributed by atoms with E-state index < -0.39 is 8.07 Å². The maximum atomic E-state index is 11.4. The minimum atomic E-state index is -1.62. The third-order valence-electron chi connectivity index (χ3n) is 6.12. The Morgan fingerprint density at radius 2 is 1.26 bits per heavy atom. The standard InChI is InChI=1S/C33H24INO2Si/c1-38(2,3)19-18-27-17-15-25-9-5-7-11-31(25)33(27)32-26(16-14-24-8-4-6-10-30(24)32)13-12-23-20-28(34)22-29(21-23)35(36)37/h4-11,14-17,20-22H,1-3H3. The van der Waals surface area contributed by atoms with Crippen molar-refractivity contribution in [1.82, 2.24) is 0 Å². The Balaban J connectivity index is 1.84. The van der Waals surface area contributed by atoms with Crippen LogP contribution in [0.25, 0.3) is 32.7 Å². The molecule has 0 aliphatic carbocycles. The molecule has 0 saturated carbocycles. The SMILES string of the molecule is C[Si](C)(C)C#Cc1ccc2ccccc2c1-c1c(C#Cc2cc(I)cc([N+](=O)[O-])c2)ccc2ccccc12. The van der Waals surface area contributed by atoms with Crippen molar-refractivity contribution in [2.45, 2.75) is 19.6 Å². The highest BCUT2D eigenvalue weighted by molar-refractivity contribution is 14.1. The van der Waals surface area contributed by atoms with Crippen molar-refractivity contribution in [1.29, 1.82) is 0 Å². The highest BCUT2D eigenvalue weighted by Gasteiger charge is 2.17. The van der Waals surface area contributed by atoms with E-state index in [1.807, 2.05) is 30.3 Å². The average Bonchev–Trinajstić information content (AvgIpc) is 2.89. The molecule has 38 heavy (non-hydrogen) atoms. The number of nitro groups is 1. The molecule has 5 aromatic carbocycles. The quantitative estimate of drug-likeness (QED) is 0.0650. The predicted octanol–water partition coefficient (Wildman–Crippen LogP) is 8.80. The van der Waals surface area contributed by atoms with Gasteiger partial charge in [-0.25, -0.2) is 0 Å². The third kappa shape index (κ3) is 5.50. The van der Waals surface area contributed by atoms with Gasteiger partial charge in [-0.2, -0.15) is 0 Å². The molecular formula is C33H24INO2Si. The van der Waals surface area contributed by atoms with Crippen LogP contribution in [0.4, 0.5) is 5.69 Å². The summed E-state index contributed by atoms with van der Waals surface area (Å²) in [7, 11) is -1.62. The Hall–Kier alpha value is -3.91. The first-order valence-corrected chi connectivity index (χ1v) is 16.8. The summed E-state index contributed by atoms with van der Waals surface area (Å²) in [4.78, 5) is 11.0. The molecule has 0 atom stereocenters. The van der Waals surface area contributed by atoms with E-state index in [1.165, 1.54) is 6.07 Å². The zero-order valence-corrected chi connectivity index (χ0v) is 24.5. The van der Waals surface area contributed by atoms with Crippen LogP contribution in [0.1, 0.15) is 16.7 Å². The molecule has 5 aromatic rings. The number of benzene rings is 5. The number of non-ortho nitro benzene ring substituents is 1. The van der Waals surface area contributed by atoms with E-state index in [9.17, 15) is 10.1 Å². The molecule has 0 radical (unpaired) electrons. The van der Waals surface area contributed by atoms with Gasteiger partial charge in [0.1, 0.15) is 8.07 Å². The lowest BCUT2D eigenvalue weighted by molar-refractivity contribution is -0.385. The first-order chi connectivity index (χ1) is 18.2. The fourth-order valence-electron chi connectivity index (χ4n) is 4.44. The normalized spacial score (nSPS) is 10.9. The van der Waals surface area contributed by atoms with Gasteiger partial charge in [0, 0.05) is 43.5 Å². The second-order valence-electron chi connectivity index (χ2n) is 10.1. The molecule has 0 saturated heterocycles. The zero-order valence-electron chi connectivity index (χ0n) is 21.3. The Morgan fingerprint density at radius 1 is 0.711 bits per heavy atom. The largest absolute Gasteiger partial charge is 0.271 e. The summed E-state index contributed by atoms with van der Waals surface area (Å²) in [6.45, 7) is 6.74. The molecule has 5 heteroatoms. The molecule has 5 rings (SSSR count). The highest BCUT2D eigenvalue weighted by atomic mass is 127. The number of halogens is 1. The minimum absolute atomic E-state index is 0.0397. The van der Waals surface area contributed by atoms with Gasteiger partial charge in [0.15, 0.2) is 0 Å². The van der Waals surface area contributed by atoms with Gasteiger partial charge in [-0.1, -0.05) is 98.1 Å². The monoisotopic (exact) mass is 621 g/mol. The van der Waals surface area contributed by atoms with Gasteiger partial charge in [-0.05, 0) is 62.3 Å². The molecule has 0 bridgehead atoms. The lowest BCUT2D eigenvalue weighted by atomic mass is 9.87. The van der Waals surface area contributed by atoms with Crippen molar-refractivity contribution >= 4 is 57.9 Å². The second kappa shape index (κ2) is 10.5. The molecule has 3 nitrogen and oxygen atoms in total. The van der Waals surface area contributed by atoms with E-state index in [4.69, 9.17) is 0 Å². The summed E-state index contributed by atoms with van der Waals surface area (Å²) in [5.74, 6) is 10.1. The summed E-state index contributed by atoms with van der Waals surface area (Å²) < 4.78 is 0.776. The van der Waals surface area contributed by atoms with Crippen molar-refractivity contribution < 1.29 is 4.92 Å². The Kier molecular flexibility index (Phi) is 7.08. The van der Waals surface area contributed by atoms with Crippen molar-refractivity contribution in [3.63, 3.8) is 0 Å². The van der Waals surface area contributed by atoms with Gasteiger partial charge >= 0.3 is 0 Å². The topological polar surface area (TPSA) is 43.1 Å². The van der Waals surface area contributed by atoms with Crippen LogP contribution in [0, 0.1) is 37.0 Å². The molecular weight excluding hydrogens is 597 g/mol. The summed E-state index contributed by atoms with van der Waals surface area (Å²) in [5.41, 5.74) is 8.15. The number of nitrogens with zero attached hydrogens (tertiary/aromatic N) is 1. The first kappa shape index (κ1) is 25.7. The van der Waals surface area contributed by atoms with Crippen molar-refractivity contribution in [3.8, 4) is 34.4 Å². The van der Waals surface area contributed by atoms with Crippen molar-refractivity contribution in [2.24, 2.45) is 0 Å². The lowest BCUT2D eigenvalue weighted by Crippen LogP contribution is -2.16. The van der Waals surface area contributed by atoms with Crippen LogP contribution in [0.15, 0.2) is 91.0 Å². The fraction of sp³-hybridized carbons (Fsp3) is 0.0909. The third-order valence-corrected chi connectivity index (χ3v) is 7.61. The average molecular weight is 622 g/mol. The molecule has 0 unspecified atom stereocenters. The van der Waals surface area contributed by atoms with E-state index in [0.717, 1.165) is 47.4 Å². The smallest absolute Gasteiger partial charge is 0.258 e. The summed E-state index contributed by atoms with van der Waals surface area (Å²) >= 11 is 2.09. The van der Waals surface area contributed by atoms with Crippen molar-refractivity contribution in [3.05, 3.63) is 121 Å². The molecule has 184 valence electrons. The lowest BCUT2D eigenvalue weighted by Gasteiger charge is -2.15. The summed E-state index contributed by atoms with van der Waals surface area (Å²) in [6, 6.07) is 30.0. The number of rotatable bonds is 2. The molecule has 0 aliphatic rings. The van der Waals surface area contributed by atoms with Gasteiger partial charge < -0.3 is 0 Å². The number of hydrogen-bond acceptors (Lipinski definition) is 2. The molecule has 0 aromatic heterocycles. The van der Waals surface area contributed by atoms with Gasteiger partial charge in [0.25, 0.3) is 5.69 Å². The van der Waals surface area contributed by atoms with Gasteiger partial charge in [0.05, 0.1) is 4.92 Å². The maximum absolute atomic E-state index is 11.4. The number of hydrogen-bond donors (Lipinski definition) is 0. The van der Waals surface area contributed by atoms with Crippen LogP contribution in [0.3, 0.4) is 0 Å². The van der Waals surface area contributed by atoms with Crippen LogP contribution in [0.2, 0.25) is 19.6 Å². The highest BCUT2D eigenvalue weighted by Crippen LogP contribution is 2.39. The first-order valence-electron chi connectivity index (χ1n) is 12.2. The molecule has 0 heterocycles. The number of nitro benzene ring substituents is 1. The van der Waals surface area contributed by atoms with Crippen LogP contribution in [0.5, 0.6) is 0 Å². The Morgan fingerprint density at radius 3 is 1.82 bits per heavy atom. The summed E-state index contributed by atoms with van der Waals surface area (Å²) in [6.07, 6.45) is 0. The van der Waals surface area contributed by atoms with E-state index in [0.29, 0.717) is 5.56 Å². The number of fused-ring (bicyclic) bond motifs is 2. The fourth-order valence-corrected chi connectivity index (χ4v) is 5.60. The van der Waals surface area contributed by atoms with E-state index in [-0.39, 0.29) is 10.6 Å². The molecule has 0 N–H and O–H groups in total. The maximum Gasteiger partial charge on any atom is 0.271 e. The van der Waals surface area contributed by atoms with Gasteiger partial charge in [0.2, 0.25) is 0 Å². The minimum Gasteiger partial charge on any atom is -0.258 e. The Labute approximate surface area is 237 Å². The Bertz CT molecular complexity index is 1860. The van der Waals surface area contributed by atoms with Crippen LogP contribution < -0.4 is 0 Å². The predicted molar refractivity (Wildman–Crippen MR) is 169 cm³/mol. The molecule has 0 amide bonds. The van der Waals surface area contributed by atoms with E-state index in [1.54, 1.807) is 6.07 Å². The second-order valence-corrected chi connectivity index (χ2v) is 16.1. The van der Waals surface area contributed by atoms with E-state index in [2.05, 4.69) is 114 Å². The molecule has 0 spiro atoms. The molecule has 0 aliphatic heterocycles. The van der Waals surface area contributed by atoms with E-state index >= 15 is 0 Å². The van der Waals surface area contributed by atoms with Crippen LogP contribution >= 0.6 is 22.6 Å². The molecule has 0 fully saturated rings. The summed E-state index contributed by atoms with van der Waals surface area (Å²) in [5, 5.41) is 15.9. The van der Waals surface area contributed by atoms with Gasteiger partial charge in [-0.3, -0.25) is 10.1 Å².